The van der Waals surface area contributed by atoms with E-state index in [0.29, 0.717) is 22.9 Å². The van der Waals surface area contributed by atoms with E-state index in [1.165, 1.54) is 0 Å². The van der Waals surface area contributed by atoms with E-state index >= 15 is 0 Å². The zero-order valence-corrected chi connectivity index (χ0v) is 15.3. The summed E-state index contributed by atoms with van der Waals surface area (Å²) in [4.78, 5) is 12.7. The quantitative estimate of drug-likeness (QED) is 0.552. The second kappa shape index (κ2) is 7.75. The van der Waals surface area contributed by atoms with Crippen molar-refractivity contribution >= 4 is 28.5 Å². The summed E-state index contributed by atoms with van der Waals surface area (Å²) in [7, 11) is 0. The van der Waals surface area contributed by atoms with Gasteiger partial charge in [-0.05, 0) is 43.2 Å². The van der Waals surface area contributed by atoms with E-state index in [9.17, 15) is 4.79 Å². The molecular weight excluding hydrogens is 334 g/mol. The Morgan fingerprint density at radius 2 is 1.88 bits per heavy atom. The predicted octanol–water partition coefficient (Wildman–Crippen LogP) is 5.98. The molecule has 130 valence electrons. The first kappa shape index (κ1) is 17.6. The maximum atomic E-state index is 12.7. The van der Waals surface area contributed by atoms with Gasteiger partial charge in [-0.1, -0.05) is 55.1 Å². The van der Waals surface area contributed by atoms with Crippen molar-refractivity contribution in [2.24, 2.45) is 0 Å². The first-order valence-electron chi connectivity index (χ1n) is 8.67. The van der Waals surface area contributed by atoms with E-state index in [1.54, 1.807) is 0 Å². The van der Waals surface area contributed by atoms with E-state index < -0.39 is 0 Å². The van der Waals surface area contributed by atoms with Crippen LogP contribution in [0.5, 0.6) is 0 Å². The molecule has 0 aliphatic rings. The van der Waals surface area contributed by atoms with E-state index in [4.69, 9.17) is 16.0 Å². The maximum absolute atomic E-state index is 12.7. The third kappa shape index (κ3) is 3.88. The second-order valence-corrected chi connectivity index (χ2v) is 6.71. The molecule has 0 saturated heterocycles. The van der Waals surface area contributed by atoms with Crippen LogP contribution < -0.4 is 5.32 Å². The molecule has 25 heavy (non-hydrogen) atoms. The molecule has 3 aromatic rings. The highest BCUT2D eigenvalue weighted by atomic mass is 35.5. The van der Waals surface area contributed by atoms with Crippen LogP contribution in [0.1, 0.15) is 42.3 Å². The standard InChI is InChI=1S/C21H22ClNO2/c1-3-4-5-12-23-21(24)20-19(15-7-9-16(22)10-8-15)17-13-14(2)6-11-18(17)25-20/h6-11,13H,3-5,12H2,1-2H3,(H,23,24). The lowest BCUT2D eigenvalue weighted by atomic mass is 10.0. The number of benzene rings is 2. The fourth-order valence-electron chi connectivity index (χ4n) is 2.93. The van der Waals surface area contributed by atoms with Crippen LogP contribution in [0.3, 0.4) is 0 Å². The third-order valence-corrected chi connectivity index (χ3v) is 4.50. The first-order chi connectivity index (χ1) is 12.1. The minimum Gasteiger partial charge on any atom is -0.450 e. The summed E-state index contributed by atoms with van der Waals surface area (Å²) in [6, 6.07) is 13.4. The molecule has 0 atom stereocenters. The lowest BCUT2D eigenvalue weighted by Gasteiger charge is -2.06. The van der Waals surface area contributed by atoms with Gasteiger partial charge >= 0.3 is 0 Å². The molecule has 1 aromatic heterocycles. The van der Waals surface area contributed by atoms with Gasteiger partial charge in [0, 0.05) is 22.5 Å². The highest BCUT2D eigenvalue weighted by molar-refractivity contribution is 6.30. The van der Waals surface area contributed by atoms with Gasteiger partial charge in [-0.25, -0.2) is 0 Å². The smallest absolute Gasteiger partial charge is 0.287 e. The van der Waals surface area contributed by atoms with Crippen LogP contribution in [0.2, 0.25) is 5.02 Å². The SMILES string of the molecule is CCCCCNC(=O)c1oc2ccc(C)cc2c1-c1ccc(Cl)cc1. The van der Waals surface area contributed by atoms with Gasteiger partial charge in [0.2, 0.25) is 5.76 Å². The lowest BCUT2D eigenvalue weighted by Crippen LogP contribution is -2.24. The number of furan rings is 1. The third-order valence-electron chi connectivity index (χ3n) is 4.25. The molecule has 3 nitrogen and oxygen atoms in total. The van der Waals surface area contributed by atoms with Crippen LogP contribution in [0.15, 0.2) is 46.9 Å². The lowest BCUT2D eigenvalue weighted by molar-refractivity contribution is 0.0928. The minimum absolute atomic E-state index is 0.171. The number of aryl methyl sites for hydroxylation is 1. The summed E-state index contributed by atoms with van der Waals surface area (Å²) in [5.41, 5.74) is 3.59. The first-order valence-corrected chi connectivity index (χ1v) is 9.05. The molecule has 0 radical (unpaired) electrons. The van der Waals surface area contributed by atoms with Crippen molar-refractivity contribution in [3.05, 3.63) is 58.8 Å². The maximum Gasteiger partial charge on any atom is 0.287 e. The van der Waals surface area contributed by atoms with Crippen LogP contribution in [0.25, 0.3) is 22.1 Å². The molecule has 1 amide bonds. The van der Waals surface area contributed by atoms with Gasteiger partial charge in [0.15, 0.2) is 0 Å². The van der Waals surface area contributed by atoms with Crippen molar-refractivity contribution in [1.82, 2.24) is 5.32 Å². The van der Waals surface area contributed by atoms with Crippen molar-refractivity contribution in [3.8, 4) is 11.1 Å². The molecule has 0 unspecified atom stereocenters. The molecule has 1 heterocycles. The Morgan fingerprint density at radius 1 is 1.12 bits per heavy atom. The topological polar surface area (TPSA) is 42.2 Å². The normalized spacial score (nSPS) is 11.0. The van der Waals surface area contributed by atoms with Gasteiger partial charge in [-0.3, -0.25) is 4.79 Å². The zero-order chi connectivity index (χ0) is 17.8. The van der Waals surface area contributed by atoms with E-state index in [1.807, 2.05) is 43.3 Å². The monoisotopic (exact) mass is 355 g/mol. The molecule has 0 aliphatic heterocycles. The number of hydrogen-bond donors (Lipinski definition) is 1. The predicted molar refractivity (Wildman–Crippen MR) is 103 cm³/mol. The fraction of sp³-hybridized carbons (Fsp3) is 0.286. The molecule has 1 N–H and O–H groups in total. The van der Waals surface area contributed by atoms with Crippen molar-refractivity contribution < 1.29 is 9.21 Å². The molecule has 0 aliphatic carbocycles. The molecule has 0 fully saturated rings. The average molecular weight is 356 g/mol. The number of carbonyl (C=O) groups excluding carboxylic acids is 1. The Balaban J connectivity index is 2.03. The number of rotatable bonds is 6. The molecule has 2 aromatic carbocycles. The second-order valence-electron chi connectivity index (χ2n) is 6.28. The Bertz CT molecular complexity index is 881. The largest absolute Gasteiger partial charge is 0.450 e. The molecular formula is C21H22ClNO2. The Labute approximate surface area is 153 Å². The minimum atomic E-state index is -0.171. The van der Waals surface area contributed by atoms with Gasteiger partial charge in [-0.2, -0.15) is 0 Å². The highest BCUT2D eigenvalue weighted by Crippen LogP contribution is 2.36. The Hall–Kier alpha value is -2.26. The number of hydrogen-bond acceptors (Lipinski definition) is 2. The summed E-state index contributed by atoms with van der Waals surface area (Å²) in [6.07, 6.45) is 3.19. The van der Waals surface area contributed by atoms with Gasteiger partial charge < -0.3 is 9.73 Å². The van der Waals surface area contributed by atoms with Crippen LogP contribution in [0, 0.1) is 6.92 Å². The molecule has 4 heteroatoms. The van der Waals surface area contributed by atoms with Crippen LogP contribution >= 0.6 is 11.6 Å². The van der Waals surface area contributed by atoms with Crippen LogP contribution in [0.4, 0.5) is 0 Å². The average Bonchev–Trinajstić information content (AvgIpc) is 2.98. The number of fused-ring (bicyclic) bond motifs is 1. The van der Waals surface area contributed by atoms with E-state index in [2.05, 4.69) is 18.3 Å². The Morgan fingerprint density at radius 3 is 2.60 bits per heavy atom. The summed E-state index contributed by atoms with van der Waals surface area (Å²) in [5, 5.41) is 4.58. The van der Waals surface area contributed by atoms with E-state index in [-0.39, 0.29) is 5.91 Å². The van der Waals surface area contributed by atoms with Crippen molar-refractivity contribution in [3.63, 3.8) is 0 Å². The molecule has 0 saturated carbocycles. The number of halogens is 1. The summed E-state index contributed by atoms with van der Waals surface area (Å²) < 4.78 is 5.91. The van der Waals surface area contributed by atoms with Crippen molar-refractivity contribution in [2.75, 3.05) is 6.54 Å². The number of nitrogens with one attached hydrogen (secondary N) is 1. The summed E-state index contributed by atoms with van der Waals surface area (Å²) >= 11 is 6.01. The van der Waals surface area contributed by atoms with E-state index in [0.717, 1.165) is 41.3 Å². The van der Waals surface area contributed by atoms with Crippen LogP contribution in [-0.4, -0.2) is 12.5 Å². The molecule has 3 rings (SSSR count). The fourth-order valence-corrected chi connectivity index (χ4v) is 3.06. The van der Waals surface area contributed by atoms with Crippen molar-refractivity contribution in [2.45, 2.75) is 33.1 Å². The number of amides is 1. The number of carbonyl (C=O) groups is 1. The van der Waals surface area contributed by atoms with Gasteiger partial charge in [-0.15, -0.1) is 0 Å². The van der Waals surface area contributed by atoms with Gasteiger partial charge in [0.25, 0.3) is 5.91 Å². The molecule has 0 spiro atoms. The van der Waals surface area contributed by atoms with Gasteiger partial charge in [0.05, 0.1) is 0 Å². The number of unbranched alkanes of at least 4 members (excludes halogenated alkanes) is 2. The Kier molecular flexibility index (Phi) is 5.44. The summed E-state index contributed by atoms with van der Waals surface area (Å²) in [6.45, 7) is 4.83. The molecule has 0 bridgehead atoms. The summed E-state index contributed by atoms with van der Waals surface area (Å²) in [5.74, 6) is 0.189. The zero-order valence-electron chi connectivity index (χ0n) is 14.6. The van der Waals surface area contributed by atoms with Crippen LogP contribution in [-0.2, 0) is 0 Å². The van der Waals surface area contributed by atoms with Crippen molar-refractivity contribution in [1.29, 1.82) is 0 Å². The highest BCUT2D eigenvalue weighted by Gasteiger charge is 2.21. The van der Waals surface area contributed by atoms with Gasteiger partial charge in [0.1, 0.15) is 5.58 Å².